The molecule has 0 atom stereocenters. The number of carbonyl (C=O) groups is 1. The molecule has 22 heavy (non-hydrogen) atoms. The van der Waals surface area contributed by atoms with Crippen molar-refractivity contribution in [3.05, 3.63) is 57.8 Å². The Morgan fingerprint density at radius 2 is 2.18 bits per heavy atom. The molecule has 3 aromatic rings. The number of furan rings is 1. The van der Waals surface area contributed by atoms with Crippen molar-refractivity contribution in [1.82, 2.24) is 10.2 Å². The minimum absolute atomic E-state index is 0.0370. The molecule has 0 unspecified atom stereocenters. The summed E-state index contributed by atoms with van der Waals surface area (Å²) in [5.74, 6) is 0.548. The molecule has 0 aliphatic rings. The van der Waals surface area contributed by atoms with Gasteiger partial charge in [0.2, 0.25) is 0 Å². The number of aromatic nitrogens is 2. The van der Waals surface area contributed by atoms with Gasteiger partial charge in [0, 0.05) is 17.7 Å². The molecule has 0 amide bonds. The molecule has 0 saturated heterocycles. The van der Waals surface area contributed by atoms with Gasteiger partial charge in [-0.05, 0) is 23.9 Å². The predicted molar refractivity (Wildman–Crippen MR) is 80.9 cm³/mol. The van der Waals surface area contributed by atoms with Crippen LogP contribution in [-0.4, -0.2) is 20.2 Å². The van der Waals surface area contributed by atoms with E-state index in [0.29, 0.717) is 15.7 Å². The van der Waals surface area contributed by atoms with Crippen LogP contribution in [0.4, 0.5) is 5.69 Å². The van der Waals surface area contributed by atoms with Crippen LogP contribution in [0.1, 0.15) is 10.6 Å². The molecular weight excluding hydrogens is 326 g/mol. The zero-order chi connectivity index (χ0) is 15.5. The molecule has 0 N–H and O–H groups in total. The topological polar surface area (TPSA) is 99.1 Å². The van der Waals surface area contributed by atoms with E-state index in [1.807, 2.05) is 0 Å². The number of thioether (sulfide) groups is 1. The van der Waals surface area contributed by atoms with E-state index in [2.05, 4.69) is 10.2 Å². The molecule has 9 heteroatoms. The van der Waals surface area contributed by atoms with Crippen molar-refractivity contribution in [3.8, 4) is 11.3 Å². The van der Waals surface area contributed by atoms with E-state index < -0.39 is 4.92 Å². The average Bonchev–Trinajstić information content (AvgIpc) is 3.18. The third kappa shape index (κ3) is 3.05. The highest BCUT2D eigenvalue weighted by Crippen LogP contribution is 2.29. The summed E-state index contributed by atoms with van der Waals surface area (Å²) in [6.45, 7) is 0. The molecule has 0 aliphatic carbocycles. The van der Waals surface area contributed by atoms with Crippen LogP contribution in [-0.2, 0) is 0 Å². The Kier molecular flexibility index (Phi) is 3.98. The van der Waals surface area contributed by atoms with Crippen molar-refractivity contribution in [2.45, 2.75) is 4.34 Å². The van der Waals surface area contributed by atoms with Gasteiger partial charge in [-0.15, -0.1) is 10.2 Å². The van der Waals surface area contributed by atoms with Crippen LogP contribution in [0.15, 0.2) is 50.7 Å². The van der Waals surface area contributed by atoms with Crippen LogP contribution in [0.5, 0.6) is 0 Å². The van der Waals surface area contributed by atoms with Gasteiger partial charge in [-0.2, -0.15) is 0 Å². The first kappa shape index (κ1) is 14.4. The Balaban J connectivity index is 1.83. The third-order valence-electron chi connectivity index (χ3n) is 2.67. The number of non-ortho nitro benzene ring substituents is 1. The van der Waals surface area contributed by atoms with Crippen LogP contribution in [0.25, 0.3) is 11.3 Å². The fourth-order valence-corrected chi connectivity index (χ4v) is 3.00. The summed E-state index contributed by atoms with van der Waals surface area (Å²) >= 11 is 2.18. The lowest BCUT2D eigenvalue weighted by Gasteiger charge is -1.97. The summed E-state index contributed by atoms with van der Waals surface area (Å²) in [6, 6.07) is 9.16. The maximum Gasteiger partial charge on any atom is 0.270 e. The highest BCUT2D eigenvalue weighted by Gasteiger charge is 2.16. The number of hydrogen-bond donors (Lipinski definition) is 0. The predicted octanol–water partition coefficient (Wildman–Crippen LogP) is 3.64. The summed E-state index contributed by atoms with van der Waals surface area (Å²) in [5.41, 5.74) is 2.03. The van der Waals surface area contributed by atoms with Crippen molar-refractivity contribution < 1.29 is 14.1 Å². The summed E-state index contributed by atoms with van der Waals surface area (Å²) in [6.07, 6.45) is 0. The molecule has 0 bridgehead atoms. The number of hydrogen-bond acceptors (Lipinski definition) is 8. The number of carbonyl (C=O) groups excluding carboxylic acids is 1. The van der Waals surface area contributed by atoms with E-state index in [0.717, 1.165) is 11.8 Å². The smallest absolute Gasteiger partial charge is 0.270 e. The van der Waals surface area contributed by atoms with Crippen LogP contribution >= 0.6 is 23.1 Å². The second kappa shape index (κ2) is 6.08. The highest BCUT2D eigenvalue weighted by atomic mass is 32.2. The van der Waals surface area contributed by atoms with Crippen molar-refractivity contribution >= 4 is 33.9 Å². The minimum atomic E-state index is -0.482. The Labute approximate surface area is 132 Å². The fraction of sp³-hybridized carbons (Fsp3) is 0. The zero-order valence-electron chi connectivity index (χ0n) is 10.8. The SMILES string of the molecule is O=C(Sc1nncs1)c1ccc(-c2cccc([N+](=O)[O-])c2)o1. The largest absolute Gasteiger partial charge is 0.452 e. The van der Waals surface area contributed by atoms with Crippen LogP contribution < -0.4 is 0 Å². The minimum Gasteiger partial charge on any atom is -0.452 e. The second-order valence-corrected chi connectivity index (χ2v) is 6.12. The van der Waals surface area contributed by atoms with Gasteiger partial charge < -0.3 is 4.42 Å². The molecular formula is C13H7N3O4S2. The average molecular weight is 333 g/mol. The molecule has 0 radical (unpaired) electrons. The zero-order valence-corrected chi connectivity index (χ0v) is 12.5. The Hall–Kier alpha value is -2.52. The molecule has 7 nitrogen and oxygen atoms in total. The first-order chi connectivity index (χ1) is 10.6. The molecule has 0 spiro atoms. The lowest BCUT2D eigenvalue weighted by Crippen LogP contribution is -1.90. The number of nitro groups is 1. The van der Waals surface area contributed by atoms with Gasteiger partial charge >= 0.3 is 0 Å². The van der Waals surface area contributed by atoms with E-state index in [1.54, 1.807) is 18.2 Å². The van der Waals surface area contributed by atoms with E-state index in [9.17, 15) is 14.9 Å². The third-order valence-corrected chi connectivity index (χ3v) is 4.33. The number of nitrogens with zero attached hydrogens (tertiary/aromatic N) is 3. The lowest BCUT2D eigenvalue weighted by atomic mass is 10.1. The lowest BCUT2D eigenvalue weighted by molar-refractivity contribution is -0.384. The monoisotopic (exact) mass is 333 g/mol. The standard InChI is InChI=1S/C13H7N3O4S2/c17-12(22-13-15-14-7-21-13)11-5-4-10(20-11)8-2-1-3-9(6-8)16(18)19/h1-7H. The Morgan fingerprint density at radius 1 is 1.32 bits per heavy atom. The molecule has 2 heterocycles. The van der Waals surface area contributed by atoms with Crippen LogP contribution in [0, 0.1) is 10.1 Å². The van der Waals surface area contributed by atoms with Gasteiger partial charge in [0.05, 0.1) is 4.92 Å². The van der Waals surface area contributed by atoms with Gasteiger partial charge in [0.25, 0.3) is 10.8 Å². The number of nitro benzene ring substituents is 1. The van der Waals surface area contributed by atoms with Crippen LogP contribution in [0.2, 0.25) is 0 Å². The van der Waals surface area contributed by atoms with Gasteiger partial charge in [0.15, 0.2) is 10.1 Å². The van der Waals surface area contributed by atoms with E-state index >= 15 is 0 Å². The maximum atomic E-state index is 12.0. The molecule has 1 aromatic carbocycles. The Bertz CT molecular complexity index is 829. The van der Waals surface area contributed by atoms with Crippen LogP contribution in [0.3, 0.4) is 0 Å². The number of rotatable bonds is 4. The summed E-state index contributed by atoms with van der Waals surface area (Å²) in [7, 11) is 0. The van der Waals surface area contributed by atoms with Gasteiger partial charge in [0.1, 0.15) is 11.3 Å². The van der Waals surface area contributed by atoms with Gasteiger partial charge in [-0.3, -0.25) is 14.9 Å². The summed E-state index contributed by atoms with van der Waals surface area (Å²) in [4.78, 5) is 22.3. The summed E-state index contributed by atoms with van der Waals surface area (Å²) in [5, 5.41) is 17.9. The van der Waals surface area contributed by atoms with E-state index in [-0.39, 0.29) is 16.6 Å². The first-order valence-electron chi connectivity index (χ1n) is 5.96. The number of benzene rings is 1. The normalized spacial score (nSPS) is 10.5. The molecule has 3 rings (SSSR count). The fourth-order valence-electron chi connectivity index (χ4n) is 1.71. The second-order valence-electron chi connectivity index (χ2n) is 4.07. The highest BCUT2D eigenvalue weighted by molar-refractivity contribution is 8.15. The quantitative estimate of drug-likeness (QED) is 0.408. The maximum absolute atomic E-state index is 12.0. The molecule has 0 aliphatic heterocycles. The van der Waals surface area contributed by atoms with Gasteiger partial charge in [-0.1, -0.05) is 23.5 Å². The summed E-state index contributed by atoms with van der Waals surface area (Å²) < 4.78 is 6.00. The molecule has 0 saturated carbocycles. The van der Waals surface area contributed by atoms with Crippen molar-refractivity contribution in [2.24, 2.45) is 0 Å². The molecule has 110 valence electrons. The Morgan fingerprint density at radius 3 is 2.91 bits per heavy atom. The van der Waals surface area contributed by atoms with E-state index in [4.69, 9.17) is 4.42 Å². The molecule has 0 fully saturated rings. The van der Waals surface area contributed by atoms with Crippen molar-refractivity contribution in [1.29, 1.82) is 0 Å². The van der Waals surface area contributed by atoms with Crippen molar-refractivity contribution in [2.75, 3.05) is 0 Å². The first-order valence-corrected chi connectivity index (χ1v) is 7.66. The molecule has 2 aromatic heterocycles. The van der Waals surface area contributed by atoms with Gasteiger partial charge in [-0.25, -0.2) is 0 Å². The van der Waals surface area contributed by atoms with Crippen molar-refractivity contribution in [3.63, 3.8) is 0 Å². The van der Waals surface area contributed by atoms with E-state index in [1.165, 1.54) is 35.0 Å².